The number of anilines is 1. The topological polar surface area (TPSA) is 97.4 Å². The molecule has 3 aromatic rings. The van der Waals surface area contributed by atoms with E-state index in [1.165, 1.54) is 13.2 Å². The van der Waals surface area contributed by atoms with Crippen molar-refractivity contribution in [1.29, 1.82) is 0 Å². The van der Waals surface area contributed by atoms with Crippen LogP contribution in [0.2, 0.25) is 5.02 Å². The predicted molar refractivity (Wildman–Crippen MR) is 120 cm³/mol. The van der Waals surface area contributed by atoms with E-state index in [0.29, 0.717) is 27.7 Å². The molecule has 1 unspecified atom stereocenters. The van der Waals surface area contributed by atoms with Gasteiger partial charge in [0.15, 0.2) is 5.78 Å². The lowest BCUT2D eigenvalue weighted by Crippen LogP contribution is -2.37. The van der Waals surface area contributed by atoms with Crippen LogP contribution in [0, 0.1) is 5.92 Å². The van der Waals surface area contributed by atoms with Crippen LogP contribution in [-0.4, -0.2) is 29.7 Å². The van der Waals surface area contributed by atoms with Crippen LogP contribution in [0.1, 0.15) is 31.8 Å². The molecular weight excluding hydrogens is 430 g/mol. The number of ether oxygens (including phenoxy) is 1. The van der Waals surface area contributed by atoms with Crippen molar-refractivity contribution >= 4 is 34.9 Å². The molecule has 0 saturated carbocycles. The minimum absolute atomic E-state index is 0.228. The number of amides is 2. The highest BCUT2D eigenvalue weighted by atomic mass is 35.5. The SMILES string of the molecule is COc1ccc(CNC(=O)c2ccc3c(c2)C(=O)C(Cc2cccc(Cl)c2)C(=O)N3)cn1. The average Bonchev–Trinajstić information content (AvgIpc) is 2.80. The number of Topliss-reactive ketones (excluding diaryl/α,β-unsaturated/α-hetero) is 1. The maximum absolute atomic E-state index is 13.1. The minimum atomic E-state index is -0.885. The molecule has 0 fully saturated rings. The van der Waals surface area contributed by atoms with Crippen LogP contribution in [0.5, 0.6) is 5.88 Å². The van der Waals surface area contributed by atoms with Gasteiger partial charge in [-0.3, -0.25) is 14.4 Å². The number of carbonyl (C=O) groups is 3. The summed E-state index contributed by atoms with van der Waals surface area (Å²) in [4.78, 5) is 42.3. The first kappa shape index (κ1) is 21.5. The molecule has 1 aromatic heterocycles. The van der Waals surface area contributed by atoms with Crippen molar-refractivity contribution in [1.82, 2.24) is 10.3 Å². The lowest BCUT2D eigenvalue weighted by Gasteiger charge is -2.24. The zero-order valence-corrected chi connectivity index (χ0v) is 18.0. The Morgan fingerprint density at radius 2 is 1.97 bits per heavy atom. The van der Waals surface area contributed by atoms with E-state index < -0.39 is 5.92 Å². The first-order valence-corrected chi connectivity index (χ1v) is 10.3. The third kappa shape index (κ3) is 4.63. The van der Waals surface area contributed by atoms with Gasteiger partial charge in [-0.05, 0) is 47.9 Å². The number of nitrogens with zero attached hydrogens (tertiary/aromatic N) is 1. The van der Waals surface area contributed by atoms with Crippen molar-refractivity contribution in [2.45, 2.75) is 13.0 Å². The highest BCUT2D eigenvalue weighted by Crippen LogP contribution is 2.29. The molecule has 2 N–H and O–H groups in total. The number of methoxy groups -OCH3 is 1. The van der Waals surface area contributed by atoms with Crippen molar-refractivity contribution in [3.05, 3.63) is 88.1 Å². The summed E-state index contributed by atoms with van der Waals surface area (Å²) in [5, 5.41) is 6.11. The number of benzene rings is 2. The lowest BCUT2D eigenvalue weighted by atomic mass is 9.86. The van der Waals surface area contributed by atoms with E-state index in [1.54, 1.807) is 48.7 Å². The van der Waals surface area contributed by atoms with Gasteiger partial charge >= 0.3 is 0 Å². The van der Waals surface area contributed by atoms with Gasteiger partial charge in [-0.25, -0.2) is 4.98 Å². The fourth-order valence-electron chi connectivity index (χ4n) is 3.53. The summed E-state index contributed by atoms with van der Waals surface area (Å²) in [5.74, 6) is -1.42. The number of rotatable bonds is 6. The van der Waals surface area contributed by atoms with Gasteiger partial charge in [-0.1, -0.05) is 29.8 Å². The average molecular weight is 450 g/mol. The Kier molecular flexibility index (Phi) is 6.18. The Bertz CT molecular complexity index is 1190. The fourth-order valence-corrected chi connectivity index (χ4v) is 3.74. The number of ketones is 1. The molecule has 0 radical (unpaired) electrons. The Morgan fingerprint density at radius 1 is 1.12 bits per heavy atom. The van der Waals surface area contributed by atoms with E-state index in [1.807, 2.05) is 6.07 Å². The number of carbonyl (C=O) groups excluding carboxylic acids is 3. The van der Waals surface area contributed by atoms with Gasteiger partial charge in [0.1, 0.15) is 5.92 Å². The van der Waals surface area contributed by atoms with Crippen molar-refractivity contribution in [2.24, 2.45) is 5.92 Å². The lowest BCUT2D eigenvalue weighted by molar-refractivity contribution is -0.118. The Morgan fingerprint density at radius 3 is 2.69 bits per heavy atom. The molecule has 4 rings (SSSR count). The van der Waals surface area contributed by atoms with Gasteiger partial charge in [-0.2, -0.15) is 0 Å². The highest BCUT2D eigenvalue weighted by Gasteiger charge is 2.34. The number of nitrogens with one attached hydrogen (secondary N) is 2. The van der Waals surface area contributed by atoms with Crippen LogP contribution < -0.4 is 15.4 Å². The standard InChI is InChI=1S/C24H20ClN3O4/c1-32-21-8-5-15(12-26-21)13-27-23(30)16-6-7-20-18(11-16)22(29)19(24(31)28-20)10-14-3-2-4-17(25)9-14/h2-9,11-12,19H,10,13H2,1H3,(H,27,30)(H,28,31). The molecular formula is C24H20ClN3O4. The molecule has 2 amide bonds. The first-order valence-electron chi connectivity index (χ1n) is 9.95. The molecule has 0 bridgehead atoms. The summed E-state index contributed by atoms with van der Waals surface area (Å²) in [6.45, 7) is 0.273. The highest BCUT2D eigenvalue weighted by molar-refractivity contribution is 6.30. The van der Waals surface area contributed by atoms with Crippen LogP contribution in [0.3, 0.4) is 0 Å². The maximum atomic E-state index is 13.1. The van der Waals surface area contributed by atoms with E-state index in [2.05, 4.69) is 15.6 Å². The van der Waals surface area contributed by atoms with Crippen LogP contribution in [0.25, 0.3) is 0 Å². The molecule has 8 heteroatoms. The van der Waals surface area contributed by atoms with Gasteiger partial charge in [0.25, 0.3) is 5.91 Å². The quantitative estimate of drug-likeness (QED) is 0.559. The van der Waals surface area contributed by atoms with E-state index in [-0.39, 0.29) is 30.6 Å². The monoisotopic (exact) mass is 449 g/mol. The number of pyridine rings is 1. The molecule has 1 aliphatic rings. The third-order valence-corrected chi connectivity index (χ3v) is 5.46. The zero-order valence-electron chi connectivity index (χ0n) is 17.2. The van der Waals surface area contributed by atoms with E-state index in [4.69, 9.17) is 16.3 Å². The summed E-state index contributed by atoms with van der Waals surface area (Å²) < 4.78 is 5.02. The van der Waals surface area contributed by atoms with Gasteiger partial charge in [0.05, 0.1) is 12.8 Å². The molecule has 1 aliphatic heterocycles. The molecule has 0 saturated heterocycles. The van der Waals surface area contributed by atoms with E-state index in [9.17, 15) is 14.4 Å². The van der Waals surface area contributed by atoms with Gasteiger partial charge in [-0.15, -0.1) is 0 Å². The number of hydrogen-bond acceptors (Lipinski definition) is 5. The second-order valence-corrected chi connectivity index (χ2v) is 7.83. The van der Waals surface area contributed by atoms with Gasteiger partial charge < -0.3 is 15.4 Å². The smallest absolute Gasteiger partial charge is 0.251 e. The Balaban J connectivity index is 1.49. The van der Waals surface area contributed by atoms with Crippen molar-refractivity contribution < 1.29 is 19.1 Å². The summed E-state index contributed by atoms with van der Waals surface area (Å²) in [6, 6.07) is 15.2. The van der Waals surface area contributed by atoms with Gasteiger partial charge in [0.2, 0.25) is 11.8 Å². The molecule has 32 heavy (non-hydrogen) atoms. The molecule has 2 heterocycles. The van der Waals surface area contributed by atoms with Crippen LogP contribution in [0.15, 0.2) is 60.8 Å². The number of aromatic nitrogens is 1. The van der Waals surface area contributed by atoms with Crippen LogP contribution in [-0.2, 0) is 17.8 Å². The summed E-state index contributed by atoms with van der Waals surface area (Å²) in [5.41, 5.74) is 2.64. The van der Waals surface area contributed by atoms with Crippen molar-refractivity contribution in [2.75, 3.05) is 12.4 Å². The summed E-state index contributed by atoms with van der Waals surface area (Å²) in [7, 11) is 1.53. The second kappa shape index (κ2) is 9.20. The normalized spacial score (nSPS) is 15.0. The molecule has 0 spiro atoms. The second-order valence-electron chi connectivity index (χ2n) is 7.39. The molecule has 162 valence electrons. The number of hydrogen-bond donors (Lipinski definition) is 2. The van der Waals surface area contributed by atoms with Gasteiger partial charge in [0, 0.05) is 35.0 Å². The fraction of sp³-hybridized carbons (Fsp3) is 0.167. The first-order chi connectivity index (χ1) is 15.4. The Labute approximate surface area is 189 Å². The van der Waals surface area contributed by atoms with E-state index >= 15 is 0 Å². The summed E-state index contributed by atoms with van der Waals surface area (Å²) in [6.07, 6.45) is 1.84. The minimum Gasteiger partial charge on any atom is -0.481 e. The molecule has 0 aliphatic carbocycles. The third-order valence-electron chi connectivity index (χ3n) is 5.23. The zero-order chi connectivity index (χ0) is 22.7. The van der Waals surface area contributed by atoms with Crippen LogP contribution in [0.4, 0.5) is 5.69 Å². The van der Waals surface area contributed by atoms with Crippen LogP contribution >= 0.6 is 11.6 Å². The Hall–Kier alpha value is -3.71. The predicted octanol–water partition coefficient (Wildman–Crippen LogP) is 3.67. The molecule has 2 aromatic carbocycles. The largest absolute Gasteiger partial charge is 0.481 e. The van der Waals surface area contributed by atoms with E-state index in [0.717, 1.165) is 11.1 Å². The molecule has 7 nitrogen and oxygen atoms in total. The molecule has 1 atom stereocenters. The summed E-state index contributed by atoms with van der Waals surface area (Å²) >= 11 is 6.02. The van der Waals surface area contributed by atoms with Crippen molar-refractivity contribution in [3.63, 3.8) is 0 Å². The van der Waals surface area contributed by atoms with Crippen molar-refractivity contribution in [3.8, 4) is 5.88 Å². The maximum Gasteiger partial charge on any atom is 0.251 e. The number of halogens is 1. The number of fused-ring (bicyclic) bond motifs is 1.